The monoisotopic (exact) mass is 339 g/mol. The van der Waals surface area contributed by atoms with Crippen LogP contribution in [0, 0.1) is 0 Å². The van der Waals surface area contributed by atoms with Crippen molar-refractivity contribution in [1.82, 2.24) is 4.31 Å². The number of carbonyl (C=O) groups excluding carboxylic acids is 1. The normalized spacial score (nSPS) is 11.8. The van der Waals surface area contributed by atoms with E-state index in [1.54, 1.807) is 0 Å². The molecular weight excluding hydrogens is 330 g/mol. The molecule has 1 aromatic carbocycles. The Morgan fingerprint density at radius 3 is 2.47 bits per heavy atom. The van der Waals surface area contributed by atoms with E-state index in [2.05, 4.69) is 15.9 Å². The lowest BCUT2D eigenvalue weighted by molar-refractivity contribution is 0.102. The van der Waals surface area contributed by atoms with Crippen molar-refractivity contribution in [2.24, 2.45) is 0 Å². The molecule has 0 aromatic heterocycles. The van der Waals surface area contributed by atoms with Crippen LogP contribution in [0.3, 0.4) is 0 Å². The fourth-order valence-electron chi connectivity index (χ4n) is 1.15. The molecule has 17 heavy (non-hydrogen) atoms. The molecular formula is C10H11BrClNO3S. The molecule has 0 amide bonds. The van der Waals surface area contributed by atoms with Crippen LogP contribution in [0.1, 0.15) is 10.4 Å². The molecule has 0 spiro atoms. The predicted molar refractivity (Wildman–Crippen MR) is 70.4 cm³/mol. The van der Waals surface area contributed by atoms with E-state index < -0.39 is 10.0 Å². The highest BCUT2D eigenvalue weighted by molar-refractivity contribution is 9.09. The van der Waals surface area contributed by atoms with Crippen molar-refractivity contribution < 1.29 is 13.2 Å². The van der Waals surface area contributed by atoms with Crippen LogP contribution in [0.4, 0.5) is 0 Å². The topological polar surface area (TPSA) is 54.5 Å². The average molecular weight is 341 g/mol. The van der Waals surface area contributed by atoms with Crippen LogP contribution in [0.25, 0.3) is 0 Å². The molecule has 0 fully saturated rings. The van der Waals surface area contributed by atoms with Crippen molar-refractivity contribution in [3.8, 4) is 0 Å². The number of hydrogen-bond donors (Lipinski definition) is 0. The first-order valence-electron chi connectivity index (χ1n) is 4.62. The van der Waals surface area contributed by atoms with E-state index in [0.29, 0.717) is 5.56 Å². The number of rotatable bonds is 4. The molecule has 0 unspecified atom stereocenters. The number of Topliss-reactive ketones (excluding diaryl/α,β-unsaturated/α-hetero) is 1. The molecule has 94 valence electrons. The van der Waals surface area contributed by atoms with Crippen molar-refractivity contribution in [3.63, 3.8) is 0 Å². The van der Waals surface area contributed by atoms with Gasteiger partial charge in [-0.3, -0.25) is 4.79 Å². The first-order valence-corrected chi connectivity index (χ1v) is 7.56. The van der Waals surface area contributed by atoms with E-state index >= 15 is 0 Å². The lowest BCUT2D eigenvalue weighted by atomic mass is 10.1. The molecule has 0 bridgehead atoms. The van der Waals surface area contributed by atoms with Gasteiger partial charge in [-0.1, -0.05) is 27.5 Å². The summed E-state index contributed by atoms with van der Waals surface area (Å²) in [4.78, 5) is 11.4. The Hall–Kier alpha value is -0.430. The Morgan fingerprint density at radius 1 is 1.41 bits per heavy atom. The number of nitrogens with zero attached hydrogens (tertiary/aromatic N) is 1. The summed E-state index contributed by atoms with van der Waals surface area (Å²) in [6.07, 6.45) is 0. The summed E-state index contributed by atoms with van der Waals surface area (Å²) >= 11 is 8.88. The van der Waals surface area contributed by atoms with E-state index in [4.69, 9.17) is 11.6 Å². The van der Waals surface area contributed by atoms with E-state index in [-0.39, 0.29) is 21.0 Å². The standard InChI is InChI=1S/C10H11BrClNO3S/c1-13(2)17(15,16)10-5-7(9(14)6-11)3-4-8(10)12/h3-5H,6H2,1-2H3. The summed E-state index contributed by atoms with van der Waals surface area (Å²) in [5, 5.41) is 0.237. The maximum Gasteiger partial charge on any atom is 0.244 e. The maximum atomic E-state index is 11.9. The van der Waals surface area contributed by atoms with Gasteiger partial charge in [-0.2, -0.15) is 0 Å². The second kappa shape index (κ2) is 5.48. The second-order valence-corrected chi connectivity index (χ2v) is 6.58. The zero-order valence-corrected chi connectivity index (χ0v) is 12.4. The van der Waals surface area contributed by atoms with Crippen molar-refractivity contribution in [3.05, 3.63) is 28.8 Å². The van der Waals surface area contributed by atoms with Crippen LogP contribution in [-0.2, 0) is 10.0 Å². The zero-order valence-electron chi connectivity index (χ0n) is 9.28. The largest absolute Gasteiger partial charge is 0.293 e. The minimum atomic E-state index is -3.64. The minimum absolute atomic E-state index is 0.0593. The molecule has 0 saturated heterocycles. The second-order valence-electron chi connectivity index (χ2n) is 3.49. The van der Waals surface area contributed by atoms with Gasteiger partial charge in [0.1, 0.15) is 4.90 Å². The van der Waals surface area contributed by atoms with E-state index in [1.807, 2.05) is 0 Å². The Labute approximate surface area is 114 Å². The van der Waals surface area contributed by atoms with Crippen molar-refractivity contribution in [2.45, 2.75) is 4.90 Å². The van der Waals surface area contributed by atoms with Gasteiger partial charge in [0, 0.05) is 19.7 Å². The van der Waals surface area contributed by atoms with Crippen LogP contribution < -0.4 is 0 Å². The molecule has 1 aromatic rings. The maximum absolute atomic E-state index is 11.9. The molecule has 4 nitrogen and oxygen atoms in total. The minimum Gasteiger partial charge on any atom is -0.293 e. The molecule has 0 N–H and O–H groups in total. The number of sulfonamides is 1. The Bertz CT molecular complexity index is 542. The highest BCUT2D eigenvalue weighted by atomic mass is 79.9. The first-order chi connectivity index (χ1) is 7.80. The molecule has 0 radical (unpaired) electrons. The highest BCUT2D eigenvalue weighted by Gasteiger charge is 2.22. The van der Waals surface area contributed by atoms with Crippen LogP contribution in [0.2, 0.25) is 5.02 Å². The van der Waals surface area contributed by atoms with Crippen LogP contribution in [-0.4, -0.2) is 37.9 Å². The van der Waals surface area contributed by atoms with Crippen LogP contribution in [0.5, 0.6) is 0 Å². The third-order valence-corrected chi connectivity index (χ3v) is 4.94. The lowest BCUT2D eigenvalue weighted by Gasteiger charge is -2.13. The molecule has 0 aliphatic heterocycles. The number of ketones is 1. The third kappa shape index (κ3) is 3.07. The predicted octanol–water partition coefficient (Wildman–Crippen LogP) is 2.17. The van der Waals surface area contributed by atoms with Gasteiger partial charge in [0.25, 0.3) is 0 Å². The van der Waals surface area contributed by atoms with Crippen molar-refractivity contribution >= 4 is 43.3 Å². The summed E-state index contributed by atoms with van der Waals surface area (Å²) in [5.41, 5.74) is 0.312. The smallest absolute Gasteiger partial charge is 0.244 e. The average Bonchev–Trinajstić information content (AvgIpc) is 2.28. The van der Waals surface area contributed by atoms with E-state index in [0.717, 1.165) is 4.31 Å². The molecule has 0 atom stereocenters. The third-order valence-electron chi connectivity index (χ3n) is 2.13. The fourth-order valence-corrected chi connectivity index (χ4v) is 2.87. The lowest BCUT2D eigenvalue weighted by Crippen LogP contribution is -2.23. The van der Waals surface area contributed by atoms with Crippen molar-refractivity contribution in [2.75, 3.05) is 19.4 Å². The zero-order chi connectivity index (χ0) is 13.2. The van der Waals surface area contributed by atoms with Gasteiger partial charge in [0.05, 0.1) is 10.4 Å². The summed E-state index contributed by atoms with van der Waals surface area (Å²) in [6.45, 7) is 0. The SMILES string of the molecule is CN(C)S(=O)(=O)c1cc(C(=O)CBr)ccc1Cl. The number of benzene rings is 1. The van der Waals surface area contributed by atoms with Gasteiger partial charge >= 0.3 is 0 Å². The Balaban J connectivity index is 3.40. The van der Waals surface area contributed by atoms with Crippen molar-refractivity contribution in [1.29, 1.82) is 0 Å². The van der Waals surface area contributed by atoms with Gasteiger partial charge in [-0.15, -0.1) is 0 Å². The Kier molecular flexibility index (Phi) is 4.71. The van der Waals surface area contributed by atoms with Crippen LogP contribution >= 0.6 is 27.5 Å². The summed E-state index contributed by atoms with van der Waals surface area (Å²) in [6, 6.07) is 4.20. The van der Waals surface area contributed by atoms with Crippen LogP contribution in [0.15, 0.2) is 23.1 Å². The number of halogens is 2. The summed E-state index contributed by atoms with van der Waals surface area (Å²) in [7, 11) is -0.823. The molecule has 0 heterocycles. The van der Waals surface area contributed by atoms with Gasteiger partial charge in [0.2, 0.25) is 10.0 Å². The molecule has 0 aliphatic rings. The molecule has 0 saturated carbocycles. The number of carbonyl (C=O) groups is 1. The van der Waals surface area contributed by atoms with Gasteiger partial charge in [-0.25, -0.2) is 12.7 Å². The van der Waals surface area contributed by atoms with E-state index in [9.17, 15) is 13.2 Å². The Morgan fingerprint density at radius 2 is 2.00 bits per heavy atom. The summed E-state index contributed by atoms with van der Waals surface area (Å²) in [5.74, 6) is -0.197. The number of alkyl halides is 1. The number of hydrogen-bond acceptors (Lipinski definition) is 3. The molecule has 7 heteroatoms. The highest BCUT2D eigenvalue weighted by Crippen LogP contribution is 2.25. The summed E-state index contributed by atoms with van der Waals surface area (Å²) < 4.78 is 24.9. The first kappa shape index (κ1) is 14.6. The van der Waals surface area contributed by atoms with Gasteiger partial charge in [0.15, 0.2) is 5.78 Å². The van der Waals surface area contributed by atoms with Gasteiger partial charge in [-0.05, 0) is 18.2 Å². The van der Waals surface area contributed by atoms with E-state index in [1.165, 1.54) is 32.3 Å². The van der Waals surface area contributed by atoms with Gasteiger partial charge < -0.3 is 0 Å². The fraction of sp³-hybridized carbons (Fsp3) is 0.300. The quantitative estimate of drug-likeness (QED) is 0.623. The molecule has 1 rings (SSSR count). The molecule has 0 aliphatic carbocycles.